The summed E-state index contributed by atoms with van der Waals surface area (Å²) < 4.78 is 16.2. The summed E-state index contributed by atoms with van der Waals surface area (Å²) in [6, 6.07) is 14.4. The van der Waals surface area contributed by atoms with Crippen LogP contribution in [0.15, 0.2) is 59.2 Å². The SMILES string of the molecule is Cc1c(C(=O)Nc2ccc(Br)cc2F)cnn1Cc1ccccc1. The molecule has 0 fully saturated rings. The summed E-state index contributed by atoms with van der Waals surface area (Å²) in [7, 11) is 0. The van der Waals surface area contributed by atoms with Crippen LogP contribution < -0.4 is 5.32 Å². The molecule has 0 atom stereocenters. The van der Waals surface area contributed by atoms with Gasteiger partial charge in [-0.1, -0.05) is 46.3 Å². The maximum absolute atomic E-state index is 13.9. The van der Waals surface area contributed by atoms with E-state index in [0.717, 1.165) is 11.3 Å². The number of anilines is 1. The highest BCUT2D eigenvalue weighted by Gasteiger charge is 2.16. The fourth-order valence-corrected chi connectivity index (χ4v) is 2.70. The molecule has 0 spiro atoms. The van der Waals surface area contributed by atoms with Crippen LogP contribution in [0.5, 0.6) is 0 Å². The lowest BCUT2D eigenvalue weighted by Gasteiger charge is -2.08. The minimum Gasteiger partial charge on any atom is -0.319 e. The maximum atomic E-state index is 13.9. The number of carbonyl (C=O) groups is 1. The molecule has 0 aliphatic heterocycles. The number of amides is 1. The van der Waals surface area contributed by atoms with Gasteiger partial charge in [0, 0.05) is 10.2 Å². The fourth-order valence-electron chi connectivity index (χ4n) is 2.37. The topological polar surface area (TPSA) is 46.9 Å². The van der Waals surface area contributed by atoms with Crippen molar-refractivity contribution in [2.75, 3.05) is 5.32 Å². The van der Waals surface area contributed by atoms with Crippen LogP contribution in [0.4, 0.5) is 10.1 Å². The quantitative estimate of drug-likeness (QED) is 0.721. The minimum atomic E-state index is -0.493. The van der Waals surface area contributed by atoms with Crippen LogP contribution in [0.3, 0.4) is 0 Å². The number of nitrogens with zero attached hydrogens (tertiary/aromatic N) is 2. The summed E-state index contributed by atoms with van der Waals surface area (Å²) in [6.07, 6.45) is 1.50. The van der Waals surface area contributed by atoms with Crippen LogP contribution in [0.2, 0.25) is 0 Å². The van der Waals surface area contributed by atoms with E-state index in [0.29, 0.717) is 16.6 Å². The molecule has 3 rings (SSSR count). The molecule has 1 N–H and O–H groups in total. The molecule has 0 radical (unpaired) electrons. The second-order valence-electron chi connectivity index (χ2n) is 5.37. The number of hydrogen-bond acceptors (Lipinski definition) is 2. The van der Waals surface area contributed by atoms with E-state index in [4.69, 9.17) is 0 Å². The van der Waals surface area contributed by atoms with Crippen molar-refractivity contribution in [2.45, 2.75) is 13.5 Å². The molecule has 24 heavy (non-hydrogen) atoms. The first-order valence-electron chi connectivity index (χ1n) is 7.37. The number of aromatic nitrogens is 2. The molecule has 122 valence electrons. The third-order valence-electron chi connectivity index (χ3n) is 3.70. The normalized spacial score (nSPS) is 10.6. The van der Waals surface area contributed by atoms with Gasteiger partial charge < -0.3 is 5.32 Å². The number of rotatable bonds is 4. The number of nitrogens with one attached hydrogen (secondary N) is 1. The van der Waals surface area contributed by atoms with Gasteiger partial charge in [0.2, 0.25) is 0 Å². The zero-order valence-corrected chi connectivity index (χ0v) is 14.5. The summed E-state index contributed by atoms with van der Waals surface area (Å²) in [5.74, 6) is -0.875. The Labute approximate surface area is 147 Å². The van der Waals surface area contributed by atoms with Gasteiger partial charge in [0.05, 0.1) is 24.0 Å². The molecule has 0 bridgehead atoms. The molecule has 0 unspecified atom stereocenters. The van der Waals surface area contributed by atoms with Crippen molar-refractivity contribution in [3.8, 4) is 0 Å². The molecule has 0 saturated heterocycles. The third-order valence-corrected chi connectivity index (χ3v) is 4.20. The molecule has 1 heterocycles. The summed E-state index contributed by atoms with van der Waals surface area (Å²) in [5.41, 5.74) is 2.38. The van der Waals surface area contributed by atoms with Crippen LogP contribution in [0.25, 0.3) is 0 Å². The fraction of sp³-hybridized carbons (Fsp3) is 0.111. The van der Waals surface area contributed by atoms with E-state index < -0.39 is 5.82 Å². The highest BCUT2D eigenvalue weighted by Crippen LogP contribution is 2.20. The number of hydrogen-bond donors (Lipinski definition) is 1. The van der Waals surface area contributed by atoms with Gasteiger partial charge in [-0.25, -0.2) is 4.39 Å². The molecule has 0 aliphatic carbocycles. The smallest absolute Gasteiger partial charge is 0.259 e. The van der Waals surface area contributed by atoms with Gasteiger partial charge >= 0.3 is 0 Å². The number of benzene rings is 2. The first-order chi connectivity index (χ1) is 11.5. The Morgan fingerprint density at radius 1 is 1.25 bits per heavy atom. The van der Waals surface area contributed by atoms with Gasteiger partial charge in [-0.2, -0.15) is 5.10 Å². The molecule has 2 aromatic carbocycles. The lowest BCUT2D eigenvalue weighted by atomic mass is 10.2. The van der Waals surface area contributed by atoms with Crippen LogP contribution >= 0.6 is 15.9 Å². The van der Waals surface area contributed by atoms with Crippen LogP contribution in [0, 0.1) is 12.7 Å². The molecular formula is C18H15BrFN3O. The summed E-state index contributed by atoms with van der Waals surface area (Å²) in [5, 5.41) is 6.85. The Morgan fingerprint density at radius 3 is 2.71 bits per heavy atom. The van der Waals surface area contributed by atoms with Gasteiger partial charge in [-0.3, -0.25) is 9.48 Å². The highest BCUT2D eigenvalue weighted by atomic mass is 79.9. The second-order valence-corrected chi connectivity index (χ2v) is 6.28. The molecule has 1 aromatic heterocycles. The van der Waals surface area contributed by atoms with E-state index in [-0.39, 0.29) is 11.6 Å². The van der Waals surface area contributed by atoms with Crippen molar-refractivity contribution in [2.24, 2.45) is 0 Å². The number of halogens is 2. The lowest BCUT2D eigenvalue weighted by Crippen LogP contribution is -2.14. The van der Waals surface area contributed by atoms with E-state index in [1.807, 2.05) is 37.3 Å². The van der Waals surface area contributed by atoms with E-state index >= 15 is 0 Å². The summed E-state index contributed by atoms with van der Waals surface area (Å²) >= 11 is 3.19. The first kappa shape index (κ1) is 16.4. The largest absolute Gasteiger partial charge is 0.319 e. The molecule has 0 aliphatic rings. The average Bonchev–Trinajstić information content (AvgIpc) is 2.92. The molecule has 1 amide bonds. The van der Waals surface area contributed by atoms with E-state index in [2.05, 4.69) is 26.3 Å². The Kier molecular flexibility index (Phi) is 4.76. The first-order valence-corrected chi connectivity index (χ1v) is 8.16. The maximum Gasteiger partial charge on any atom is 0.259 e. The zero-order valence-electron chi connectivity index (χ0n) is 13.0. The summed E-state index contributed by atoms with van der Waals surface area (Å²) in [4.78, 5) is 12.4. The molecule has 0 saturated carbocycles. The van der Waals surface area contributed by atoms with Crippen molar-refractivity contribution < 1.29 is 9.18 Å². The van der Waals surface area contributed by atoms with Crippen molar-refractivity contribution in [1.82, 2.24) is 9.78 Å². The van der Waals surface area contributed by atoms with Crippen molar-refractivity contribution in [3.05, 3.63) is 81.8 Å². The van der Waals surface area contributed by atoms with Crippen molar-refractivity contribution in [1.29, 1.82) is 0 Å². The molecule has 3 aromatic rings. The van der Waals surface area contributed by atoms with Gasteiger partial charge in [0.1, 0.15) is 5.82 Å². The van der Waals surface area contributed by atoms with Gasteiger partial charge in [-0.05, 0) is 30.7 Å². The van der Waals surface area contributed by atoms with Crippen molar-refractivity contribution in [3.63, 3.8) is 0 Å². The van der Waals surface area contributed by atoms with E-state index in [1.54, 1.807) is 10.7 Å². The average molecular weight is 388 g/mol. The van der Waals surface area contributed by atoms with Gasteiger partial charge in [-0.15, -0.1) is 0 Å². The van der Waals surface area contributed by atoms with Crippen LogP contribution in [0.1, 0.15) is 21.6 Å². The predicted molar refractivity (Wildman–Crippen MR) is 94.6 cm³/mol. The van der Waals surface area contributed by atoms with E-state index in [9.17, 15) is 9.18 Å². The minimum absolute atomic E-state index is 0.137. The Bertz CT molecular complexity index is 877. The monoisotopic (exact) mass is 387 g/mol. The van der Waals surface area contributed by atoms with Crippen LogP contribution in [-0.2, 0) is 6.54 Å². The third kappa shape index (κ3) is 3.54. The number of carbonyl (C=O) groups excluding carboxylic acids is 1. The second kappa shape index (κ2) is 6.97. The van der Waals surface area contributed by atoms with Gasteiger partial charge in [0.15, 0.2) is 0 Å². The molecular weight excluding hydrogens is 373 g/mol. The Morgan fingerprint density at radius 2 is 2.00 bits per heavy atom. The molecule has 6 heteroatoms. The van der Waals surface area contributed by atoms with Crippen molar-refractivity contribution >= 4 is 27.5 Å². The standard InChI is InChI=1S/C18H15BrFN3O/c1-12-15(10-21-23(12)11-13-5-3-2-4-6-13)18(24)22-17-8-7-14(19)9-16(17)20/h2-10H,11H2,1H3,(H,22,24). The Balaban J connectivity index is 1.78. The Hall–Kier alpha value is -2.47. The summed E-state index contributed by atoms with van der Waals surface area (Å²) in [6.45, 7) is 2.40. The van der Waals surface area contributed by atoms with E-state index in [1.165, 1.54) is 18.3 Å². The lowest BCUT2D eigenvalue weighted by molar-refractivity contribution is 0.102. The molecule has 4 nitrogen and oxygen atoms in total. The highest BCUT2D eigenvalue weighted by molar-refractivity contribution is 9.10. The zero-order chi connectivity index (χ0) is 17.1. The van der Waals surface area contributed by atoms with Crippen LogP contribution in [-0.4, -0.2) is 15.7 Å². The van der Waals surface area contributed by atoms with Gasteiger partial charge in [0.25, 0.3) is 5.91 Å². The predicted octanol–water partition coefficient (Wildman–Crippen LogP) is 4.39.